The van der Waals surface area contributed by atoms with Crippen molar-refractivity contribution in [1.82, 2.24) is 4.90 Å². The molecule has 5 rings (SSSR count). The van der Waals surface area contributed by atoms with Crippen LogP contribution in [-0.2, 0) is 0 Å². The van der Waals surface area contributed by atoms with Crippen LogP contribution in [0.5, 0.6) is 17.2 Å². The fourth-order valence-electron chi connectivity index (χ4n) is 5.68. The molecule has 3 aromatic rings. The SMILES string of the molecule is COc1ccc2c(c1)OC(C)(C)C(c1ccccc1)C2c1ccccc1OCCN1CCCC1.Cl. The summed E-state index contributed by atoms with van der Waals surface area (Å²) in [5, 5.41) is 0. The monoisotopic (exact) mass is 493 g/mol. The minimum Gasteiger partial charge on any atom is -0.497 e. The number of nitrogens with zero attached hydrogens (tertiary/aromatic N) is 1. The first kappa shape index (κ1) is 25.4. The number of ether oxygens (including phenoxy) is 3. The minimum absolute atomic E-state index is 0. The van der Waals surface area contributed by atoms with Crippen molar-refractivity contribution in [3.8, 4) is 17.2 Å². The molecule has 0 saturated carbocycles. The summed E-state index contributed by atoms with van der Waals surface area (Å²) in [5.74, 6) is 2.87. The molecule has 2 aliphatic heterocycles. The van der Waals surface area contributed by atoms with E-state index in [1.807, 2.05) is 12.1 Å². The summed E-state index contributed by atoms with van der Waals surface area (Å²) in [6.45, 7) is 8.43. The summed E-state index contributed by atoms with van der Waals surface area (Å²) in [7, 11) is 1.70. The molecule has 1 fully saturated rings. The Hall–Kier alpha value is -2.69. The number of hydrogen-bond donors (Lipinski definition) is 0. The van der Waals surface area contributed by atoms with Gasteiger partial charge in [-0.05, 0) is 57.5 Å². The number of hydrogen-bond acceptors (Lipinski definition) is 4. The van der Waals surface area contributed by atoms with E-state index in [-0.39, 0.29) is 24.2 Å². The van der Waals surface area contributed by atoms with E-state index in [9.17, 15) is 0 Å². The molecule has 2 aliphatic rings. The summed E-state index contributed by atoms with van der Waals surface area (Å²) in [6.07, 6.45) is 2.60. The number of likely N-dealkylation sites (tertiary alicyclic amines) is 1. The average molecular weight is 494 g/mol. The number of halogens is 1. The Morgan fingerprint density at radius 3 is 2.37 bits per heavy atom. The Bertz CT molecular complexity index is 1110. The quantitative estimate of drug-likeness (QED) is 0.367. The van der Waals surface area contributed by atoms with Gasteiger partial charge >= 0.3 is 0 Å². The maximum atomic E-state index is 6.64. The highest BCUT2D eigenvalue weighted by atomic mass is 35.5. The fraction of sp³-hybridized carbons (Fsp3) is 0.400. The van der Waals surface area contributed by atoms with E-state index in [0.29, 0.717) is 6.61 Å². The van der Waals surface area contributed by atoms with Gasteiger partial charge in [0.15, 0.2) is 0 Å². The second-order valence-electron chi connectivity index (χ2n) is 9.91. The molecule has 0 aromatic heterocycles. The van der Waals surface area contributed by atoms with E-state index in [1.54, 1.807) is 7.11 Å². The van der Waals surface area contributed by atoms with Gasteiger partial charge in [0.2, 0.25) is 0 Å². The molecule has 0 spiro atoms. The molecule has 2 atom stereocenters. The van der Waals surface area contributed by atoms with Crippen LogP contribution in [0.25, 0.3) is 0 Å². The molecule has 5 heteroatoms. The normalized spacial score (nSPS) is 20.9. The predicted molar refractivity (Wildman–Crippen MR) is 144 cm³/mol. The van der Waals surface area contributed by atoms with Crippen LogP contribution in [-0.4, -0.2) is 43.9 Å². The lowest BCUT2D eigenvalue weighted by Gasteiger charge is -2.46. The van der Waals surface area contributed by atoms with Crippen LogP contribution in [0, 0.1) is 0 Å². The van der Waals surface area contributed by atoms with E-state index < -0.39 is 5.60 Å². The number of benzene rings is 3. The van der Waals surface area contributed by atoms with Crippen molar-refractivity contribution in [3.05, 3.63) is 89.5 Å². The minimum atomic E-state index is -0.423. The van der Waals surface area contributed by atoms with Crippen molar-refractivity contribution >= 4 is 12.4 Å². The van der Waals surface area contributed by atoms with Crippen LogP contribution in [0.15, 0.2) is 72.8 Å². The molecule has 2 unspecified atom stereocenters. The molecule has 0 radical (unpaired) electrons. The zero-order valence-corrected chi connectivity index (χ0v) is 21.7. The maximum absolute atomic E-state index is 6.64. The topological polar surface area (TPSA) is 30.9 Å². The van der Waals surface area contributed by atoms with Crippen LogP contribution in [0.1, 0.15) is 55.2 Å². The number of methoxy groups -OCH3 is 1. The zero-order chi connectivity index (χ0) is 23.5. The van der Waals surface area contributed by atoms with Gasteiger partial charge in [-0.25, -0.2) is 0 Å². The van der Waals surface area contributed by atoms with E-state index in [1.165, 1.54) is 42.6 Å². The maximum Gasteiger partial charge on any atom is 0.127 e. The molecule has 1 saturated heterocycles. The van der Waals surface area contributed by atoms with Gasteiger partial charge in [-0.3, -0.25) is 4.90 Å². The number of fused-ring (bicyclic) bond motifs is 1. The van der Waals surface area contributed by atoms with Gasteiger partial charge in [-0.1, -0.05) is 54.6 Å². The second-order valence-corrected chi connectivity index (χ2v) is 9.91. The molecule has 35 heavy (non-hydrogen) atoms. The summed E-state index contributed by atoms with van der Waals surface area (Å²) in [6, 6.07) is 25.5. The molecule has 0 aliphatic carbocycles. The molecule has 0 bridgehead atoms. The number of rotatable bonds is 7. The highest BCUT2D eigenvalue weighted by Gasteiger charge is 2.46. The fourth-order valence-corrected chi connectivity index (χ4v) is 5.68. The standard InChI is InChI=1S/C30H35NO3.ClH/c1-30(2)29(22-11-5-4-6-12-22)28(25-16-15-23(32-3)21-27(25)34-30)24-13-7-8-14-26(24)33-20-19-31-17-9-10-18-31;/h4-8,11-16,21,28-29H,9-10,17-20H2,1-3H3;1H. The van der Waals surface area contributed by atoms with E-state index in [2.05, 4.69) is 79.4 Å². The van der Waals surface area contributed by atoms with Crippen LogP contribution in [0.3, 0.4) is 0 Å². The van der Waals surface area contributed by atoms with Gasteiger partial charge in [0.1, 0.15) is 29.5 Å². The van der Waals surface area contributed by atoms with Gasteiger partial charge in [0.25, 0.3) is 0 Å². The third-order valence-electron chi connectivity index (χ3n) is 7.29. The first-order valence-electron chi connectivity index (χ1n) is 12.4. The Morgan fingerprint density at radius 2 is 1.63 bits per heavy atom. The van der Waals surface area contributed by atoms with Crippen molar-refractivity contribution in [2.45, 2.75) is 44.1 Å². The molecule has 2 heterocycles. The van der Waals surface area contributed by atoms with Gasteiger partial charge in [0, 0.05) is 35.6 Å². The molecular formula is C30H36ClNO3. The Kier molecular flexibility index (Phi) is 7.93. The van der Waals surface area contributed by atoms with Crippen LogP contribution >= 0.6 is 12.4 Å². The van der Waals surface area contributed by atoms with Gasteiger partial charge in [-0.2, -0.15) is 0 Å². The smallest absolute Gasteiger partial charge is 0.127 e. The lowest BCUT2D eigenvalue weighted by Crippen LogP contribution is -2.43. The summed E-state index contributed by atoms with van der Waals surface area (Å²) in [4.78, 5) is 2.49. The summed E-state index contributed by atoms with van der Waals surface area (Å²) in [5.41, 5.74) is 3.23. The van der Waals surface area contributed by atoms with Crippen molar-refractivity contribution < 1.29 is 14.2 Å². The number of para-hydroxylation sites is 1. The van der Waals surface area contributed by atoms with Crippen LogP contribution in [0.2, 0.25) is 0 Å². The van der Waals surface area contributed by atoms with Crippen LogP contribution < -0.4 is 14.2 Å². The van der Waals surface area contributed by atoms with Crippen molar-refractivity contribution in [1.29, 1.82) is 0 Å². The third kappa shape index (κ3) is 5.29. The largest absolute Gasteiger partial charge is 0.497 e. The zero-order valence-electron chi connectivity index (χ0n) is 20.9. The summed E-state index contributed by atoms with van der Waals surface area (Å²) >= 11 is 0. The van der Waals surface area contributed by atoms with Crippen molar-refractivity contribution in [3.63, 3.8) is 0 Å². The van der Waals surface area contributed by atoms with E-state index >= 15 is 0 Å². The molecule has 0 amide bonds. The molecule has 4 nitrogen and oxygen atoms in total. The lowest BCUT2D eigenvalue weighted by molar-refractivity contribution is 0.0523. The van der Waals surface area contributed by atoms with E-state index in [4.69, 9.17) is 14.2 Å². The first-order chi connectivity index (χ1) is 16.6. The Labute approximate surface area is 215 Å². The average Bonchev–Trinajstić information content (AvgIpc) is 3.37. The predicted octanol–water partition coefficient (Wildman–Crippen LogP) is 6.68. The molecular weight excluding hydrogens is 458 g/mol. The van der Waals surface area contributed by atoms with Crippen molar-refractivity contribution in [2.24, 2.45) is 0 Å². The van der Waals surface area contributed by atoms with E-state index in [0.717, 1.165) is 23.8 Å². The second kappa shape index (κ2) is 10.9. The van der Waals surface area contributed by atoms with Crippen molar-refractivity contribution in [2.75, 3.05) is 33.4 Å². The van der Waals surface area contributed by atoms with Gasteiger partial charge in [0.05, 0.1) is 7.11 Å². The molecule has 186 valence electrons. The summed E-state index contributed by atoms with van der Waals surface area (Å²) < 4.78 is 18.6. The highest BCUT2D eigenvalue weighted by molar-refractivity contribution is 5.85. The first-order valence-corrected chi connectivity index (χ1v) is 12.4. The Balaban J connectivity index is 0.00000289. The van der Waals surface area contributed by atoms with Gasteiger partial charge < -0.3 is 14.2 Å². The molecule has 0 N–H and O–H groups in total. The lowest BCUT2D eigenvalue weighted by atomic mass is 9.68. The molecule has 3 aromatic carbocycles. The van der Waals surface area contributed by atoms with Crippen LogP contribution in [0.4, 0.5) is 0 Å². The third-order valence-corrected chi connectivity index (χ3v) is 7.29. The van der Waals surface area contributed by atoms with Gasteiger partial charge in [-0.15, -0.1) is 12.4 Å². The highest BCUT2D eigenvalue weighted by Crippen LogP contribution is 2.54. The Morgan fingerprint density at radius 1 is 0.914 bits per heavy atom.